The van der Waals surface area contributed by atoms with Crippen LogP contribution in [0.1, 0.15) is 75.7 Å². The molecule has 1 atom stereocenters. The Bertz CT molecular complexity index is 1000. The number of rotatable bonds is 8. The Labute approximate surface area is 202 Å². The summed E-state index contributed by atoms with van der Waals surface area (Å²) in [6.45, 7) is 14.4. The van der Waals surface area contributed by atoms with Gasteiger partial charge in [-0.1, -0.05) is 27.7 Å². The number of aryl methyl sites for hydroxylation is 1. The Balaban J connectivity index is 1.66. The number of hydrogen-bond donors (Lipinski definition) is 1. The summed E-state index contributed by atoms with van der Waals surface area (Å²) in [6, 6.07) is 4.44. The molecule has 0 unspecified atom stereocenters. The van der Waals surface area contributed by atoms with Crippen molar-refractivity contribution in [2.45, 2.75) is 84.8 Å². The Morgan fingerprint density at radius 1 is 1.18 bits per heavy atom. The second-order valence-corrected chi connectivity index (χ2v) is 11.3. The number of amides is 2. The van der Waals surface area contributed by atoms with E-state index in [4.69, 9.17) is 0 Å². The van der Waals surface area contributed by atoms with E-state index in [-0.39, 0.29) is 17.9 Å². The number of aromatic nitrogens is 1. The Morgan fingerprint density at radius 3 is 2.52 bits per heavy atom. The van der Waals surface area contributed by atoms with Gasteiger partial charge in [0.1, 0.15) is 11.2 Å². The number of thiophene rings is 1. The molecule has 7 heteroatoms. The summed E-state index contributed by atoms with van der Waals surface area (Å²) in [5.74, 6) is 0.704. The maximum absolute atomic E-state index is 13.8. The van der Waals surface area contributed by atoms with Gasteiger partial charge in [-0.15, -0.1) is 11.3 Å². The minimum Gasteiger partial charge on any atom is -0.351 e. The van der Waals surface area contributed by atoms with Crippen LogP contribution in [0.15, 0.2) is 12.1 Å². The van der Waals surface area contributed by atoms with Crippen LogP contribution in [0.25, 0.3) is 10.2 Å². The molecule has 0 bridgehead atoms. The smallest absolute Gasteiger partial charge is 0.271 e. The first kappa shape index (κ1) is 24.3. The average molecular weight is 473 g/mol. The summed E-state index contributed by atoms with van der Waals surface area (Å²) in [5.41, 5.74) is 0.907. The molecule has 2 aromatic rings. The molecule has 3 heterocycles. The van der Waals surface area contributed by atoms with Crippen molar-refractivity contribution in [1.82, 2.24) is 19.7 Å². The molecule has 0 spiro atoms. The number of likely N-dealkylation sites (N-methyl/N-ethyl adjacent to an activating group) is 1. The molecule has 33 heavy (non-hydrogen) atoms. The van der Waals surface area contributed by atoms with Crippen molar-refractivity contribution in [3.05, 3.63) is 22.7 Å². The molecule has 0 aromatic carbocycles. The number of carbonyl (C=O) groups is 2. The SMILES string of the molecule is CCc1cc2c(cc3n2C[C@@](C)(C(=O)NC2CCC(C)CC2)N(CCN(CC)CC)C3=O)s1. The Morgan fingerprint density at radius 2 is 1.88 bits per heavy atom. The molecular formula is C26H40N4O2S. The second kappa shape index (κ2) is 9.79. The predicted octanol–water partition coefficient (Wildman–Crippen LogP) is 4.52. The molecule has 0 saturated heterocycles. The summed E-state index contributed by atoms with van der Waals surface area (Å²) < 4.78 is 3.24. The molecule has 2 aliphatic rings. The standard InChI is InChI=1S/C26H40N4O2S/c1-6-20-15-21-23(33-20)16-22-24(31)30(14-13-28(7-2)8-3)26(5,17-29(21)22)25(32)27-19-11-9-18(4)10-12-19/h15-16,18-19H,6-14,17H2,1-5H3,(H,27,32)/t18?,19?,26-/m0/s1. The van der Waals surface area contributed by atoms with Crippen LogP contribution in [0, 0.1) is 5.92 Å². The van der Waals surface area contributed by atoms with E-state index in [0.717, 1.165) is 73.6 Å². The van der Waals surface area contributed by atoms with Crippen molar-refractivity contribution >= 4 is 33.4 Å². The largest absolute Gasteiger partial charge is 0.351 e. The van der Waals surface area contributed by atoms with Gasteiger partial charge in [-0.2, -0.15) is 0 Å². The molecule has 1 aliphatic heterocycles. The molecule has 6 nitrogen and oxygen atoms in total. The van der Waals surface area contributed by atoms with Crippen LogP contribution in [-0.4, -0.2) is 63.9 Å². The van der Waals surface area contributed by atoms with Gasteiger partial charge in [0.05, 0.1) is 16.8 Å². The van der Waals surface area contributed by atoms with E-state index in [0.29, 0.717) is 13.1 Å². The quantitative estimate of drug-likeness (QED) is 0.615. The lowest BCUT2D eigenvalue weighted by Gasteiger charge is -2.45. The molecule has 1 fully saturated rings. The van der Waals surface area contributed by atoms with Crippen LogP contribution < -0.4 is 5.32 Å². The number of hydrogen-bond acceptors (Lipinski definition) is 4. The topological polar surface area (TPSA) is 57.6 Å². The molecule has 2 aromatic heterocycles. The minimum atomic E-state index is -0.902. The van der Waals surface area contributed by atoms with Crippen LogP contribution >= 0.6 is 11.3 Å². The first-order chi connectivity index (χ1) is 15.8. The van der Waals surface area contributed by atoms with Gasteiger partial charge in [-0.25, -0.2) is 0 Å². The van der Waals surface area contributed by atoms with Crippen molar-refractivity contribution in [2.75, 3.05) is 26.2 Å². The predicted molar refractivity (Wildman–Crippen MR) is 136 cm³/mol. The van der Waals surface area contributed by atoms with Crippen molar-refractivity contribution in [2.24, 2.45) is 5.92 Å². The highest BCUT2D eigenvalue weighted by molar-refractivity contribution is 7.19. The van der Waals surface area contributed by atoms with Gasteiger partial charge in [-0.3, -0.25) is 9.59 Å². The zero-order valence-electron chi connectivity index (χ0n) is 20.9. The average Bonchev–Trinajstić information content (AvgIpc) is 3.36. The van der Waals surface area contributed by atoms with Crippen molar-refractivity contribution in [1.29, 1.82) is 0 Å². The molecule has 0 radical (unpaired) electrons. The van der Waals surface area contributed by atoms with E-state index in [9.17, 15) is 9.59 Å². The molecule has 2 amide bonds. The molecule has 4 rings (SSSR count). The lowest BCUT2D eigenvalue weighted by molar-refractivity contribution is -0.134. The Kier molecular flexibility index (Phi) is 7.20. The van der Waals surface area contributed by atoms with Gasteiger partial charge >= 0.3 is 0 Å². The summed E-state index contributed by atoms with van der Waals surface area (Å²) in [6.07, 6.45) is 5.35. The molecule has 182 valence electrons. The van der Waals surface area contributed by atoms with E-state index in [1.165, 1.54) is 4.88 Å². The van der Waals surface area contributed by atoms with Gasteiger partial charge in [0.25, 0.3) is 5.91 Å². The zero-order valence-corrected chi connectivity index (χ0v) is 21.8. The van der Waals surface area contributed by atoms with Gasteiger partial charge in [-0.05, 0) is 70.2 Å². The van der Waals surface area contributed by atoms with E-state index in [1.807, 2.05) is 17.9 Å². The van der Waals surface area contributed by atoms with Crippen LogP contribution in [0.3, 0.4) is 0 Å². The van der Waals surface area contributed by atoms with Crippen LogP contribution in [0.2, 0.25) is 0 Å². The highest BCUT2D eigenvalue weighted by atomic mass is 32.1. The first-order valence-electron chi connectivity index (χ1n) is 12.8. The lowest BCUT2D eigenvalue weighted by Crippen LogP contribution is -2.65. The zero-order chi connectivity index (χ0) is 23.8. The minimum absolute atomic E-state index is 0.00612. The van der Waals surface area contributed by atoms with E-state index in [1.54, 1.807) is 11.3 Å². The first-order valence-corrected chi connectivity index (χ1v) is 13.6. The fraction of sp³-hybridized carbons (Fsp3) is 0.692. The third-order valence-corrected chi connectivity index (χ3v) is 9.11. The summed E-state index contributed by atoms with van der Waals surface area (Å²) in [7, 11) is 0. The van der Waals surface area contributed by atoms with Crippen molar-refractivity contribution < 1.29 is 9.59 Å². The van der Waals surface area contributed by atoms with Gasteiger partial charge in [0.2, 0.25) is 5.91 Å². The molecule has 1 saturated carbocycles. The maximum Gasteiger partial charge on any atom is 0.271 e. The van der Waals surface area contributed by atoms with Crippen LogP contribution in [-0.2, 0) is 17.8 Å². The number of nitrogens with zero attached hydrogens (tertiary/aromatic N) is 3. The molecule has 1 N–H and O–H groups in total. The molecular weight excluding hydrogens is 432 g/mol. The fourth-order valence-electron chi connectivity index (χ4n) is 5.44. The molecule has 1 aliphatic carbocycles. The monoisotopic (exact) mass is 472 g/mol. The van der Waals surface area contributed by atoms with Gasteiger partial charge in [0, 0.05) is 24.0 Å². The van der Waals surface area contributed by atoms with Crippen LogP contribution in [0.5, 0.6) is 0 Å². The normalized spacial score (nSPS) is 25.6. The second-order valence-electron chi connectivity index (χ2n) is 10.1. The van der Waals surface area contributed by atoms with Gasteiger partial charge in [0.15, 0.2) is 0 Å². The summed E-state index contributed by atoms with van der Waals surface area (Å²) >= 11 is 1.76. The van der Waals surface area contributed by atoms with Gasteiger partial charge < -0.3 is 19.7 Å². The fourth-order valence-corrected chi connectivity index (χ4v) is 6.48. The van der Waals surface area contributed by atoms with E-state index < -0.39 is 5.54 Å². The van der Waals surface area contributed by atoms with Crippen LogP contribution in [0.4, 0.5) is 0 Å². The van der Waals surface area contributed by atoms with Crippen molar-refractivity contribution in [3.8, 4) is 0 Å². The highest BCUT2D eigenvalue weighted by Gasteiger charge is 2.48. The number of carbonyl (C=O) groups excluding carboxylic acids is 2. The number of nitrogens with one attached hydrogen (secondary N) is 1. The third kappa shape index (κ3) is 4.59. The Hall–Kier alpha value is -1.86. The maximum atomic E-state index is 13.8. The summed E-state index contributed by atoms with van der Waals surface area (Å²) in [4.78, 5) is 33.1. The highest BCUT2D eigenvalue weighted by Crippen LogP contribution is 2.36. The van der Waals surface area contributed by atoms with E-state index >= 15 is 0 Å². The number of fused-ring (bicyclic) bond motifs is 3. The summed E-state index contributed by atoms with van der Waals surface area (Å²) in [5, 5.41) is 3.35. The third-order valence-electron chi connectivity index (χ3n) is 7.89. The van der Waals surface area contributed by atoms with E-state index in [2.05, 4.69) is 48.5 Å². The lowest BCUT2D eigenvalue weighted by atomic mass is 9.86. The van der Waals surface area contributed by atoms with Crippen molar-refractivity contribution in [3.63, 3.8) is 0 Å².